The summed E-state index contributed by atoms with van der Waals surface area (Å²) in [5, 5.41) is 2.68. The van der Waals surface area contributed by atoms with Crippen LogP contribution in [0.3, 0.4) is 0 Å². The normalized spacial score (nSPS) is 10.2. The lowest BCUT2D eigenvalue weighted by Gasteiger charge is -2.11. The highest BCUT2D eigenvalue weighted by atomic mass is 19.1. The van der Waals surface area contributed by atoms with Gasteiger partial charge in [-0.2, -0.15) is 0 Å². The van der Waals surface area contributed by atoms with Crippen LogP contribution in [0.25, 0.3) is 0 Å². The van der Waals surface area contributed by atoms with Gasteiger partial charge in [-0.05, 0) is 61.5 Å². The fourth-order valence-electron chi connectivity index (χ4n) is 2.47. The summed E-state index contributed by atoms with van der Waals surface area (Å²) in [6.07, 6.45) is 0. The molecule has 0 atom stereocenters. The Balaban J connectivity index is 1.56. The molecule has 1 N–H and O–H groups in total. The van der Waals surface area contributed by atoms with Crippen molar-refractivity contribution in [3.8, 4) is 17.2 Å². The second-order valence-electron chi connectivity index (χ2n) is 5.97. The van der Waals surface area contributed by atoms with Crippen molar-refractivity contribution in [1.82, 2.24) is 0 Å². The molecule has 0 aliphatic rings. The number of hydrogen-bond donors (Lipinski definition) is 1. The van der Waals surface area contributed by atoms with Gasteiger partial charge in [0.15, 0.2) is 12.4 Å². The Morgan fingerprint density at radius 3 is 2.29 bits per heavy atom. The molecule has 0 radical (unpaired) electrons. The summed E-state index contributed by atoms with van der Waals surface area (Å²) in [5.41, 5.74) is 0.662. The lowest BCUT2D eigenvalue weighted by Crippen LogP contribution is -2.20. The number of ketones is 1. The van der Waals surface area contributed by atoms with E-state index < -0.39 is 11.7 Å². The smallest absolute Gasteiger partial charge is 0.262 e. The minimum Gasteiger partial charge on any atom is -0.483 e. The molecule has 3 aromatic carbocycles. The third-order valence-electron chi connectivity index (χ3n) is 3.80. The van der Waals surface area contributed by atoms with Gasteiger partial charge in [0.2, 0.25) is 0 Å². The Hall–Kier alpha value is -3.67. The van der Waals surface area contributed by atoms with Gasteiger partial charge in [-0.25, -0.2) is 4.39 Å². The monoisotopic (exact) mass is 379 g/mol. The number of Topliss-reactive ketones (excluding diaryl/α,β-unsaturated/α-hetero) is 1. The maximum Gasteiger partial charge on any atom is 0.262 e. The summed E-state index contributed by atoms with van der Waals surface area (Å²) in [5.74, 6) is 0.223. The zero-order chi connectivity index (χ0) is 19.9. The van der Waals surface area contributed by atoms with Gasteiger partial charge in [0.1, 0.15) is 23.1 Å². The van der Waals surface area contributed by atoms with E-state index in [4.69, 9.17) is 9.47 Å². The lowest BCUT2D eigenvalue weighted by atomic mass is 10.1. The highest BCUT2D eigenvalue weighted by Gasteiger charge is 2.12. The summed E-state index contributed by atoms with van der Waals surface area (Å²) in [4.78, 5) is 23.6. The van der Waals surface area contributed by atoms with Crippen LogP contribution in [-0.4, -0.2) is 18.3 Å². The fourth-order valence-corrected chi connectivity index (χ4v) is 2.47. The van der Waals surface area contributed by atoms with Crippen molar-refractivity contribution in [3.63, 3.8) is 0 Å². The third-order valence-corrected chi connectivity index (χ3v) is 3.80. The van der Waals surface area contributed by atoms with Crippen molar-refractivity contribution < 1.29 is 23.5 Å². The van der Waals surface area contributed by atoms with Crippen molar-refractivity contribution in [1.29, 1.82) is 0 Å². The van der Waals surface area contributed by atoms with Crippen LogP contribution >= 0.6 is 0 Å². The average molecular weight is 379 g/mol. The van der Waals surface area contributed by atoms with Gasteiger partial charge in [0, 0.05) is 5.69 Å². The van der Waals surface area contributed by atoms with Gasteiger partial charge >= 0.3 is 0 Å². The van der Waals surface area contributed by atoms with Crippen LogP contribution in [0.15, 0.2) is 72.8 Å². The Bertz CT molecular complexity index is 972. The van der Waals surface area contributed by atoms with Crippen LogP contribution in [0.1, 0.15) is 17.3 Å². The molecule has 142 valence electrons. The largest absolute Gasteiger partial charge is 0.483 e. The molecule has 0 aliphatic heterocycles. The van der Waals surface area contributed by atoms with Gasteiger partial charge < -0.3 is 14.8 Å². The van der Waals surface area contributed by atoms with E-state index in [9.17, 15) is 14.0 Å². The molecule has 6 heteroatoms. The maximum atomic E-state index is 13.3. The summed E-state index contributed by atoms with van der Waals surface area (Å²) >= 11 is 0. The van der Waals surface area contributed by atoms with Gasteiger partial charge in [-0.1, -0.05) is 18.2 Å². The molecule has 1 amide bonds. The number of carbonyl (C=O) groups is 2. The van der Waals surface area contributed by atoms with Gasteiger partial charge in [0.25, 0.3) is 5.91 Å². The SMILES string of the molecule is CC(=O)c1cc(F)ccc1OCC(=O)Nc1ccc(Oc2ccccc2)cc1. The van der Waals surface area contributed by atoms with Crippen LogP contribution in [-0.2, 0) is 4.79 Å². The van der Waals surface area contributed by atoms with E-state index in [1.807, 2.05) is 30.3 Å². The van der Waals surface area contributed by atoms with Crippen LogP contribution in [0.2, 0.25) is 0 Å². The first-order valence-corrected chi connectivity index (χ1v) is 8.57. The number of para-hydroxylation sites is 1. The minimum absolute atomic E-state index is 0.0928. The van der Waals surface area contributed by atoms with Gasteiger partial charge in [0.05, 0.1) is 5.56 Å². The first-order chi connectivity index (χ1) is 13.5. The molecule has 0 fully saturated rings. The van der Waals surface area contributed by atoms with E-state index in [1.54, 1.807) is 24.3 Å². The fraction of sp³-hybridized carbons (Fsp3) is 0.0909. The second-order valence-corrected chi connectivity index (χ2v) is 5.97. The molecule has 0 spiro atoms. The second kappa shape index (κ2) is 8.81. The van der Waals surface area contributed by atoms with E-state index in [-0.39, 0.29) is 23.7 Å². The number of amides is 1. The Morgan fingerprint density at radius 1 is 0.929 bits per heavy atom. The molecule has 0 heterocycles. The standard InChI is InChI=1S/C22H18FNO4/c1-15(25)20-13-16(23)7-12-21(20)27-14-22(26)24-17-8-10-19(11-9-17)28-18-5-3-2-4-6-18/h2-13H,14H2,1H3,(H,24,26). The molecule has 0 bridgehead atoms. The van der Waals surface area contributed by atoms with Crippen molar-refractivity contribution in [2.75, 3.05) is 11.9 Å². The topological polar surface area (TPSA) is 64.6 Å². The Labute approximate surface area is 161 Å². The predicted molar refractivity (Wildman–Crippen MR) is 103 cm³/mol. The number of anilines is 1. The lowest BCUT2D eigenvalue weighted by molar-refractivity contribution is -0.118. The third kappa shape index (κ3) is 5.17. The highest BCUT2D eigenvalue weighted by Crippen LogP contribution is 2.23. The van der Waals surface area contributed by atoms with Crippen molar-refractivity contribution in [2.45, 2.75) is 6.92 Å². The number of hydrogen-bond acceptors (Lipinski definition) is 4. The van der Waals surface area contributed by atoms with Gasteiger partial charge in [-0.3, -0.25) is 9.59 Å². The Morgan fingerprint density at radius 2 is 1.61 bits per heavy atom. The quantitative estimate of drug-likeness (QED) is 0.597. The average Bonchev–Trinajstić information content (AvgIpc) is 2.69. The van der Waals surface area contributed by atoms with Gasteiger partial charge in [-0.15, -0.1) is 0 Å². The molecule has 3 rings (SSSR count). The van der Waals surface area contributed by atoms with Crippen molar-refractivity contribution in [2.24, 2.45) is 0 Å². The van der Waals surface area contributed by atoms with Crippen LogP contribution < -0.4 is 14.8 Å². The molecule has 28 heavy (non-hydrogen) atoms. The number of nitrogens with one attached hydrogen (secondary N) is 1. The van der Waals surface area contributed by atoms with E-state index in [0.717, 1.165) is 6.07 Å². The van der Waals surface area contributed by atoms with Crippen molar-refractivity contribution >= 4 is 17.4 Å². The van der Waals surface area contributed by atoms with E-state index in [0.29, 0.717) is 17.2 Å². The Kier molecular flexibility index (Phi) is 6.01. The zero-order valence-electron chi connectivity index (χ0n) is 15.1. The minimum atomic E-state index is -0.542. The van der Waals surface area contributed by atoms with Crippen LogP contribution in [0.5, 0.6) is 17.2 Å². The molecular formula is C22H18FNO4. The number of ether oxygens (including phenoxy) is 2. The highest BCUT2D eigenvalue weighted by molar-refractivity contribution is 5.97. The van der Waals surface area contributed by atoms with E-state index in [2.05, 4.69) is 5.32 Å². The molecule has 0 saturated heterocycles. The summed E-state index contributed by atoms with van der Waals surface area (Å²) in [6, 6.07) is 19.8. The zero-order valence-corrected chi connectivity index (χ0v) is 15.1. The number of halogens is 1. The van der Waals surface area contributed by atoms with Crippen LogP contribution in [0, 0.1) is 5.82 Å². The molecule has 3 aromatic rings. The molecule has 0 unspecified atom stereocenters. The number of rotatable bonds is 7. The molecule has 5 nitrogen and oxygen atoms in total. The molecule has 0 aliphatic carbocycles. The molecule has 0 saturated carbocycles. The first kappa shape index (κ1) is 19.1. The predicted octanol–water partition coefficient (Wildman–Crippen LogP) is 4.84. The number of carbonyl (C=O) groups excluding carboxylic acids is 2. The first-order valence-electron chi connectivity index (χ1n) is 8.57. The summed E-state index contributed by atoms with van der Waals surface area (Å²) in [7, 11) is 0. The van der Waals surface area contributed by atoms with E-state index in [1.165, 1.54) is 19.1 Å². The maximum absolute atomic E-state index is 13.3. The summed E-state index contributed by atoms with van der Waals surface area (Å²) < 4.78 is 24.3. The van der Waals surface area contributed by atoms with Crippen LogP contribution in [0.4, 0.5) is 10.1 Å². The summed E-state index contributed by atoms with van der Waals surface area (Å²) in [6.45, 7) is 0.995. The van der Waals surface area contributed by atoms with E-state index >= 15 is 0 Å². The van der Waals surface area contributed by atoms with Crippen molar-refractivity contribution in [3.05, 3.63) is 84.2 Å². The molecule has 0 aromatic heterocycles. The number of benzene rings is 3. The molecular weight excluding hydrogens is 361 g/mol.